The van der Waals surface area contributed by atoms with E-state index in [0.29, 0.717) is 17.9 Å². The summed E-state index contributed by atoms with van der Waals surface area (Å²) in [6.45, 7) is 14.4. The molecule has 0 saturated heterocycles. The minimum atomic E-state index is 0. The second-order valence-electron chi connectivity index (χ2n) is 6.70. The summed E-state index contributed by atoms with van der Waals surface area (Å²) in [5.74, 6) is 1.27. The number of benzene rings is 1. The molecule has 21 heavy (non-hydrogen) atoms. The Kier molecular flexibility index (Phi) is 9.65. The summed E-state index contributed by atoms with van der Waals surface area (Å²) < 4.78 is 0. The Hall–Kier alpha value is -0.790. The van der Waals surface area contributed by atoms with E-state index in [9.17, 15) is 0 Å². The van der Waals surface area contributed by atoms with Gasteiger partial charge >= 0.3 is 0 Å². The van der Waals surface area contributed by atoms with Crippen molar-refractivity contribution in [2.24, 2.45) is 5.92 Å². The van der Waals surface area contributed by atoms with E-state index in [1.54, 1.807) is 0 Å². The first-order valence-corrected chi connectivity index (χ1v) is 7.83. The van der Waals surface area contributed by atoms with Gasteiger partial charge in [0.2, 0.25) is 0 Å². The van der Waals surface area contributed by atoms with E-state index >= 15 is 0 Å². The lowest BCUT2D eigenvalue weighted by atomic mass is 9.92. The monoisotopic (exact) mass is 308 g/mol. The highest BCUT2D eigenvalue weighted by molar-refractivity contribution is 5.24. The molecule has 0 aliphatic rings. The Bertz CT molecular complexity index is 416. The molecular weight excluding hydrogens is 278 g/mol. The number of hydrogen-bond acceptors (Lipinski definition) is 1. The number of allylic oxidation sites excluding steroid dienone is 1. The number of halogens is 1. The van der Waals surface area contributed by atoms with E-state index in [2.05, 4.69) is 77.2 Å². The second kappa shape index (κ2) is 10.0. The Morgan fingerprint density at radius 1 is 1.10 bits per heavy atom. The van der Waals surface area contributed by atoms with Crippen LogP contribution in [0.3, 0.4) is 0 Å². The molecule has 0 bridgehead atoms. The molecule has 2 heteroatoms. The summed E-state index contributed by atoms with van der Waals surface area (Å²) in [5, 5.41) is 3.69. The van der Waals surface area contributed by atoms with Crippen molar-refractivity contribution in [1.29, 1.82) is 0 Å². The van der Waals surface area contributed by atoms with Gasteiger partial charge in [0.1, 0.15) is 0 Å². The van der Waals surface area contributed by atoms with Gasteiger partial charge in [-0.1, -0.05) is 62.2 Å². The van der Waals surface area contributed by atoms with Crippen LogP contribution in [0.2, 0.25) is 0 Å². The largest absolute Gasteiger partial charge is 1.00 e. The lowest BCUT2D eigenvalue weighted by Gasteiger charge is -2.22. The lowest BCUT2D eigenvalue weighted by Crippen LogP contribution is -3.00. The SMILES string of the molecule is CC(C)=CC(C[C@H](C)c1ccc(C)cc1)NCC(C)C.[Cl-]. The van der Waals surface area contributed by atoms with Crippen LogP contribution in [-0.4, -0.2) is 12.6 Å². The van der Waals surface area contributed by atoms with Crippen LogP contribution in [0.4, 0.5) is 0 Å². The number of aryl methyl sites for hydroxylation is 1. The van der Waals surface area contributed by atoms with Gasteiger partial charge in [-0.05, 0) is 51.1 Å². The van der Waals surface area contributed by atoms with Crippen LogP contribution in [0, 0.1) is 12.8 Å². The quantitative estimate of drug-likeness (QED) is 0.761. The third kappa shape index (κ3) is 8.28. The molecule has 0 spiro atoms. The van der Waals surface area contributed by atoms with Crippen molar-refractivity contribution in [2.45, 2.75) is 59.9 Å². The first-order chi connectivity index (χ1) is 9.38. The van der Waals surface area contributed by atoms with Crippen molar-refractivity contribution in [2.75, 3.05) is 6.54 Å². The van der Waals surface area contributed by atoms with Crippen LogP contribution >= 0.6 is 0 Å². The van der Waals surface area contributed by atoms with Gasteiger partial charge in [-0.25, -0.2) is 0 Å². The molecule has 0 aromatic heterocycles. The van der Waals surface area contributed by atoms with Crippen LogP contribution in [0.25, 0.3) is 0 Å². The van der Waals surface area contributed by atoms with Gasteiger partial charge in [-0.15, -0.1) is 0 Å². The fourth-order valence-corrected chi connectivity index (χ4v) is 2.41. The molecule has 120 valence electrons. The molecule has 0 aliphatic heterocycles. The van der Waals surface area contributed by atoms with Crippen molar-refractivity contribution < 1.29 is 12.4 Å². The van der Waals surface area contributed by atoms with Gasteiger partial charge in [0.05, 0.1) is 0 Å². The zero-order valence-electron chi connectivity index (χ0n) is 14.4. The third-order valence-corrected chi connectivity index (χ3v) is 3.58. The Labute approximate surface area is 137 Å². The Morgan fingerprint density at radius 3 is 2.14 bits per heavy atom. The number of nitrogens with one attached hydrogen (secondary N) is 1. The van der Waals surface area contributed by atoms with Crippen molar-refractivity contribution in [3.8, 4) is 0 Å². The zero-order valence-corrected chi connectivity index (χ0v) is 15.2. The molecule has 1 N–H and O–H groups in total. The molecule has 0 amide bonds. The summed E-state index contributed by atoms with van der Waals surface area (Å²) in [4.78, 5) is 0. The van der Waals surface area contributed by atoms with Crippen molar-refractivity contribution in [3.63, 3.8) is 0 Å². The average Bonchev–Trinajstić information content (AvgIpc) is 2.36. The van der Waals surface area contributed by atoms with Gasteiger partial charge in [-0.2, -0.15) is 0 Å². The minimum Gasteiger partial charge on any atom is -1.00 e. The number of rotatable bonds is 7. The van der Waals surface area contributed by atoms with E-state index in [1.807, 2.05) is 0 Å². The molecule has 2 atom stereocenters. The molecule has 1 rings (SSSR count). The maximum atomic E-state index is 3.69. The fraction of sp³-hybridized carbons (Fsp3) is 0.579. The highest BCUT2D eigenvalue weighted by atomic mass is 35.5. The first kappa shape index (κ1) is 20.2. The zero-order chi connectivity index (χ0) is 15.1. The molecule has 0 radical (unpaired) electrons. The highest BCUT2D eigenvalue weighted by Gasteiger charge is 2.12. The predicted octanol–water partition coefficient (Wildman–Crippen LogP) is 2.07. The van der Waals surface area contributed by atoms with Gasteiger partial charge < -0.3 is 17.7 Å². The topological polar surface area (TPSA) is 12.0 Å². The van der Waals surface area contributed by atoms with Crippen LogP contribution < -0.4 is 17.7 Å². The maximum Gasteiger partial charge on any atom is 0.0258 e. The van der Waals surface area contributed by atoms with Gasteiger partial charge in [0.15, 0.2) is 0 Å². The van der Waals surface area contributed by atoms with Crippen LogP contribution in [0.15, 0.2) is 35.9 Å². The van der Waals surface area contributed by atoms with Gasteiger partial charge in [0.25, 0.3) is 0 Å². The fourth-order valence-electron chi connectivity index (χ4n) is 2.41. The summed E-state index contributed by atoms with van der Waals surface area (Å²) in [6, 6.07) is 9.43. The molecular formula is C19H31ClN-. The Balaban J connectivity index is 0.00000400. The van der Waals surface area contributed by atoms with E-state index in [0.717, 1.165) is 13.0 Å². The van der Waals surface area contributed by atoms with Gasteiger partial charge in [0, 0.05) is 6.04 Å². The number of hydrogen-bond donors (Lipinski definition) is 1. The average molecular weight is 309 g/mol. The smallest absolute Gasteiger partial charge is 0.0258 e. The van der Waals surface area contributed by atoms with E-state index in [1.165, 1.54) is 16.7 Å². The molecule has 1 nitrogen and oxygen atoms in total. The standard InChI is InChI=1S/C19H31N.ClH/c1-14(2)11-19(20-13-15(3)4)12-17(6)18-9-7-16(5)8-10-18;/h7-11,15,17,19-20H,12-13H2,1-6H3;1H/p-1/t17-,19?;/m0./s1. The van der Waals surface area contributed by atoms with Crippen molar-refractivity contribution >= 4 is 0 Å². The predicted molar refractivity (Wildman–Crippen MR) is 90.3 cm³/mol. The molecule has 0 aliphatic carbocycles. The molecule has 1 aromatic rings. The first-order valence-electron chi connectivity index (χ1n) is 7.83. The molecule has 0 heterocycles. The third-order valence-electron chi connectivity index (χ3n) is 3.58. The summed E-state index contributed by atoms with van der Waals surface area (Å²) in [5.41, 5.74) is 4.16. The summed E-state index contributed by atoms with van der Waals surface area (Å²) >= 11 is 0. The van der Waals surface area contributed by atoms with E-state index in [4.69, 9.17) is 0 Å². The lowest BCUT2D eigenvalue weighted by molar-refractivity contribution is -0.00000475. The molecule has 1 unspecified atom stereocenters. The normalized spacial score (nSPS) is 13.5. The van der Waals surface area contributed by atoms with E-state index in [-0.39, 0.29) is 12.4 Å². The summed E-state index contributed by atoms with van der Waals surface area (Å²) in [7, 11) is 0. The van der Waals surface area contributed by atoms with Crippen molar-refractivity contribution in [1.82, 2.24) is 5.32 Å². The second-order valence-corrected chi connectivity index (χ2v) is 6.70. The van der Waals surface area contributed by atoms with Crippen LogP contribution in [0.1, 0.15) is 58.1 Å². The van der Waals surface area contributed by atoms with Crippen LogP contribution in [-0.2, 0) is 0 Å². The summed E-state index contributed by atoms with van der Waals surface area (Å²) in [6.07, 6.45) is 3.52. The maximum absolute atomic E-state index is 3.69. The molecule has 0 fully saturated rings. The van der Waals surface area contributed by atoms with E-state index < -0.39 is 0 Å². The minimum absolute atomic E-state index is 0. The van der Waals surface area contributed by atoms with Gasteiger partial charge in [-0.3, -0.25) is 0 Å². The van der Waals surface area contributed by atoms with Crippen LogP contribution in [0.5, 0.6) is 0 Å². The highest BCUT2D eigenvalue weighted by Crippen LogP contribution is 2.22. The van der Waals surface area contributed by atoms with Crippen molar-refractivity contribution in [3.05, 3.63) is 47.0 Å². The molecule has 0 saturated carbocycles. The molecule has 1 aromatic carbocycles. The Morgan fingerprint density at radius 2 is 1.67 bits per heavy atom.